The fourth-order valence-electron chi connectivity index (χ4n) is 1.56. The minimum atomic E-state index is -0.912. The van der Waals surface area contributed by atoms with Crippen molar-refractivity contribution in [2.24, 2.45) is 0 Å². The molecule has 0 saturated carbocycles. The second kappa shape index (κ2) is 7.74. The van der Waals surface area contributed by atoms with Crippen molar-refractivity contribution in [3.05, 3.63) is 59.9 Å². The Labute approximate surface area is 126 Å². The van der Waals surface area contributed by atoms with Gasteiger partial charge >= 0.3 is 0 Å². The first-order valence-electron chi connectivity index (χ1n) is 6.38. The first kappa shape index (κ1) is 15.4. The molecule has 0 atom stereocenters. The molecular weight excluding hydrogens is 290 g/mol. The summed E-state index contributed by atoms with van der Waals surface area (Å²) >= 11 is 0. The third-order valence-electron chi connectivity index (χ3n) is 2.58. The van der Waals surface area contributed by atoms with Crippen molar-refractivity contribution in [3.63, 3.8) is 0 Å². The van der Waals surface area contributed by atoms with Crippen LogP contribution in [0, 0.1) is 23.5 Å². The van der Waals surface area contributed by atoms with Gasteiger partial charge in [0.05, 0.1) is 18.3 Å². The molecule has 1 N–H and O–H groups in total. The Bertz CT molecular complexity index is 709. The van der Waals surface area contributed by atoms with Crippen LogP contribution in [0.15, 0.2) is 42.7 Å². The van der Waals surface area contributed by atoms with Crippen LogP contribution in [0.1, 0.15) is 10.4 Å². The third-order valence-corrected chi connectivity index (χ3v) is 2.58. The number of hydrogen-bond donors (Lipinski definition) is 1. The maximum atomic E-state index is 13.4. The highest BCUT2D eigenvalue weighted by molar-refractivity contribution is 5.94. The Balaban J connectivity index is 1.77. The molecule has 2 rings (SSSR count). The van der Waals surface area contributed by atoms with E-state index in [1.54, 1.807) is 24.5 Å². The van der Waals surface area contributed by atoms with Crippen molar-refractivity contribution in [2.45, 2.75) is 0 Å². The Morgan fingerprint density at radius 3 is 2.86 bits per heavy atom. The highest BCUT2D eigenvalue weighted by atomic mass is 19.1. The second-order valence-corrected chi connectivity index (χ2v) is 4.14. The smallest absolute Gasteiger partial charge is 0.255 e. The van der Waals surface area contributed by atoms with Crippen LogP contribution < -0.4 is 10.1 Å². The minimum absolute atomic E-state index is 0.0338. The number of amides is 1. The van der Waals surface area contributed by atoms with Gasteiger partial charge in [0.25, 0.3) is 5.91 Å². The molecule has 2 aromatic rings. The number of nitrogens with zero attached hydrogens (tertiary/aromatic N) is 1. The first-order chi connectivity index (χ1) is 10.7. The van der Waals surface area contributed by atoms with E-state index in [0.717, 1.165) is 12.1 Å². The lowest BCUT2D eigenvalue weighted by Gasteiger charge is -2.03. The van der Waals surface area contributed by atoms with Gasteiger partial charge in [-0.15, -0.1) is 0 Å². The topological polar surface area (TPSA) is 51.2 Å². The summed E-state index contributed by atoms with van der Waals surface area (Å²) in [6.07, 6.45) is 3.18. The van der Waals surface area contributed by atoms with Crippen molar-refractivity contribution >= 4 is 5.91 Å². The van der Waals surface area contributed by atoms with Crippen LogP contribution in [0.4, 0.5) is 8.78 Å². The molecule has 0 spiro atoms. The molecule has 0 fully saturated rings. The van der Waals surface area contributed by atoms with Crippen LogP contribution in [0.25, 0.3) is 0 Å². The molecule has 0 unspecified atom stereocenters. The molecule has 1 amide bonds. The van der Waals surface area contributed by atoms with E-state index < -0.39 is 17.5 Å². The molecule has 0 bridgehead atoms. The lowest BCUT2D eigenvalue weighted by atomic mass is 10.2. The third kappa shape index (κ3) is 4.56. The van der Waals surface area contributed by atoms with Crippen LogP contribution in [-0.2, 0) is 0 Å². The van der Waals surface area contributed by atoms with Crippen LogP contribution in [-0.4, -0.2) is 24.0 Å². The van der Waals surface area contributed by atoms with Gasteiger partial charge < -0.3 is 10.1 Å². The Hall–Kier alpha value is -2.94. The van der Waals surface area contributed by atoms with Crippen molar-refractivity contribution in [3.8, 4) is 17.6 Å². The van der Waals surface area contributed by atoms with E-state index in [0.29, 0.717) is 11.8 Å². The molecule has 22 heavy (non-hydrogen) atoms. The average molecular weight is 302 g/mol. The summed E-state index contributed by atoms with van der Waals surface area (Å²) in [5.41, 5.74) is -0.227. The SMILES string of the molecule is O=C(NCC#CCOc1cccnc1)c1ccc(F)cc1F. The highest BCUT2D eigenvalue weighted by Gasteiger charge is 2.11. The number of aromatic nitrogens is 1. The van der Waals surface area contributed by atoms with Gasteiger partial charge in [-0.1, -0.05) is 11.8 Å². The number of hydrogen-bond acceptors (Lipinski definition) is 3. The molecule has 6 heteroatoms. The number of pyridine rings is 1. The maximum absolute atomic E-state index is 13.4. The van der Waals surface area contributed by atoms with Gasteiger partial charge in [0, 0.05) is 12.3 Å². The molecule has 1 aromatic heterocycles. The first-order valence-corrected chi connectivity index (χ1v) is 6.38. The summed E-state index contributed by atoms with van der Waals surface area (Å²) < 4.78 is 31.4. The summed E-state index contributed by atoms with van der Waals surface area (Å²) in [5, 5.41) is 2.42. The molecule has 0 aliphatic rings. The van der Waals surface area contributed by atoms with Gasteiger partial charge in [0.1, 0.15) is 24.0 Å². The fraction of sp³-hybridized carbons (Fsp3) is 0.125. The predicted molar refractivity (Wildman–Crippen MR) is 76.2 cm³/mol. The van der Waals surface area contributed by atoms with Crippen molar-refractivity contribution < 1.29 is 18.3 Å². The van der Waals surface area contributed by atoms with Gasteiger partial charge in [-0.05, 0) is 24.3 Å². The predicted octanol–water partition coefficient (Wildman–Crippen LogP) is 2.17. The molecule has 1 aromatic carbocycles. The molecule has 0 aliphatic carbocycles. The van der Waals surface area contributed by atoms with Crippen LogP contribution in [0.5, 0.6) is 5.75 Å². The van der Waals surface area contributed by atoms with Crippen molar-refractivity contribution in [1.29, 1.82) is 0 Å². The van der Waals surface area contributed by atoms with Crippen LogP contribution >= 0.6 is 0 Å². The molecule has 1 heterocycles. The average Bonchev–Trinajstić information content (AvgIpc) is 2.51. The van der Waals surface area contributed by atoms with Gasteiger partial charge in [-0.25, -0.2) is 8.78 Å². The van der Waals surface area contributed by atoms with Crippen molar-refractivity contribution in [1.82, 2.24) is 10.3 Å². The van der Waals surface area contributed by atoms with Gasteiger partial charge in [-0.2, -0.15) is 0 Å². The lowest BCUT2D eigenvalue weighted by molar-refractivity contribution is 0.0954. The summed E-state index contributed by atoms with van der Waals surface area (Å²) in [4.78, 5) is 15.5. The number of ether oxygens (including phenoxy) is 1. The zero-order valence-corrected chi connectivity index (χ0v) is 11.5. The van der Waals surface area contributed by atoms with E-state index in [4.69, 9.17) is 4.74 Å². The summed E-state index contributed by atoms with van der Waals surface area (Å²) in [6.45, 7) is 0.179. The number of carbonyl (C=O) groups excluding carboxylic acids is 1. The number of carbonyl (C=O) groups is 1. The monoisotopic (exact) mass is 302 g/mol. The second-order valence-electron chi connectivity index (χ2n) is 4.14. The van der Waals surface area contributed by atoms with Gasteiger partial charge in [0.2, 0.25) is 0 Å². The molecule has 0 radical (unpaired) electrons. The Morgan fingerprint density at radius 2 is 2.14 bits per heavy atom. The largest absolute Gasteiger partial charge is 0.479 e. The van der Waals surface area contributed by atoms with Gasteiger partial charge in [0.15, 0.2) is 0 Å². The normalized spacial score (nSPS) is 9.55. The molecule has 4 nitrogen and oxygen atoms in total. The zero-order valence-electron chi connectivity index (χ0n) is 11.5. The molecule has 0 aliphatic heterocycles. The summed E-state index contributed by atoms with van der Waals surface area (Å²) in [5.74, 6) is 3.65. The number of halogens is 2. The lowest BCUT2D eigenvalue weighted by Crippen LogP contribution is -2.24. The van der Waals surface area contributed by atoms with E-state index in [-0.39, 0.29) is 18.7 Å². The summed E-state index contributed by atoms with van der Waals surface area (Å²) in [7, 11) is 0. The maximum Gasteiger partial charge on any atom is 0.255 e. The molecular formula is C16H12F2N2O2. The minimum Gasteiger partial charge on any atom is -0.479 e. The highest BCUT2D eigenvalue weighted by Crippen LogP contribution is 2.09. The fourth-order valence-corrected chi connectivity index (χ4v) is 1.56. The summed E-state index contributed by atoms with van der Waals surface area (Å²) in [6, 6.07) is 6.24. The number of nitrogens with one attached hydrogen (secondary N) is 1. The number of rotatable bonds is 4. The van der Waals surface area contributed by atoms with Crippen molar-refractivity contribution in [2.75, 3.05) is 13.2 Å². The molecule has 112 valence electrons. The quantitative estimate of drug-likeness (QED) is 0.881. The zero-order chi connectivity index (χ0) is 15.8. The van der Waals surface area contributed by atoms with Gasteiger partial charge in [-0.3, -0.25) is 9.78 Å². The number of benzene rings is 1. The Morgan fingerprint density at radius 1 is 1.27 bits per heavy atom. The van der Waals surface area contributed by atoms with E-state index in [1.165, 1.54) is 0 Å². The standard InChI is InChI=1S/C16H12F2N2O2/c17-12-5-6-14(15(18)10-12)16(21)20-8-1-2-9-22-13-4-3-7-19-11-13/h3-7,10-11H,8-9H2,(H,20,21). The van der Waals surface area contributed by atoms with E-state index in [9.17, 15) is 13.6 Å². The Kier molecular flexibility index (Phi) is 5.44. The van der Waals surface area contributed by atoms with Crippen LogP contribution in [0.2, 0.25) is 0 Å². The van der Waals surface area contributed by atoms with E-state index >= 15 is 0 Å². The molecule has 0 saturated heterocycles. The van der Waals surface area contributed by atoms with Crippen LogP contribution in [0.3, 0.4) is 0 Å². The van der Waals surface area contributed by atoms with E-state index in [1.807, 2.05) is 0 Å². The van der Waals surface area contributed by atoms with E-state index in [2.05, 4.69) is 22.1 Å².